The molecule has 0 unspecified atom stereocenters. The third-order valence-corrected chi connectivity index (χ3v) is 3.64. The van der Waals surface area contributed by atoms with Crippen LogP contribution in [0.5, 0.6) is 0 Å². The standard InChI is InChI=1S/C18H20F3N5O4/c1-18(2,3)30-13(27)8-25(4)17-15(26(28)29)16(23-9-24-17)22-7-10-5-11(19)14(21)12(20)6-10/h5-6,9H,7-8H2,1-4H3,(H,22,23,24). The van der Waals surface area contributed by atoms with Gasteiger partial charge in [0.05, 0.1) is 4.92 Å². The Bertz CT molecular complexity index is 942. The van der Waals surface area contributed by atoms with E-state index in [-0.39, 0.29) is 30.3 Å². The van der Waals surface area contributed by atoms with Crippen LogP contribution < -0.4 is 10.2 Å². The lowest BCUT2D eigenvalue weighted by molar-refractivity contribution is -0.383. The maximum atomic E-state index is 13.4. The van der Waals surface area contributed by atoms with E-state index in [9.17, 15) is 28.1 Å². The fourth-order valence-corrected chi connectivity index (χ4v) is 2.48. The molecule has 0 amide bonds. The molecule has 0 atom stereocenters. The van der Waals surface area contributed by atoms with E-state index in [1.165, 1.54) is 11.9 Å². The summed E-state index contributed by atoms with van der Waals surface area (Å²) in [6.07, 6.45) is 1.03. The van der Waals surface area contributed by atoms with E-state index in [4.69, 9.17) is 4.74 Å². The quantitative estimate of drug-likeness (QED) is 0.310. The minimum absolute atomic E-state index is 0.00275. The molecule has 0 bridgehead atoms. The van der Waals surface area contributed by atoms with Gasteiger partial charge in [0, 0.05) is 13.6 Å². The fourth-order valence-electron chi connectivity index (χ4n) is 2.48. The van der Waals surface area contributed by atoms with Crippen LogP contribution in [-0.2, 0) is 16.1 Å². The third-order valence-electron chi connectivity index (χ3n) is 3.64. The molecule has 0 aliphatic carbocycles. The smallest absolute Gasteiger partial charge is 0.353 e. The highest BCUT2D eigenvalue weighted by Crippen LogP contribution is 2.31. The molecule has 0 aliphatic heterocycles. The number of halogens is 3. The average molecular weight is 427 g/mol. The summed E-state index contributed by atoms with van der Waals surface area (Å²) >= 11 is 0. The normalized spacial score (nSPS) is 11.2. The lowest BCUT2D eigenvalue weighted by atomic mass is 10.2. The molecule has 1 N–H and O–H groups in total. The minimum atomic E-state index is -1.61. The highest BCUT2D eigenvalue weighted by Gasteiger charge is 2.27. The molecule has 2 rings (SSSR count). The molecule has 30 heavy (non-hydrogen) atoms. The predicted molar refractivity (Wildman–Crippen MR) is 101 cm³/mol. The van der Waals surface area contributed by atoms with Crippen molar-refractivity contribution in [1.29, 1.82) is 0 Å². The number of nitro groups is 1. The highest BCUT2D eigenvalue weighted by molar-refractivity contribution is 5.78. The van der Waals surface area contributed by atoms with Gasteiger partial charge in [-0.05, 0) is 38.5 Å². The molecule has 162 valence electrons. The molecular weight excluding hydrogens is 407 g/mol. The second-order valence-corrected chi connectivity index (χ2v) is 7.32. The highest BCUT2D eigenvalue weighted by atomic mass is 19.2. The van der Waals surface area contributed by atoms with E-state index in [1.807, 2.05) is 0 Å². The Balaban J connectivity index is 2.26. The number of hydrogen-bond donors (Lipinski definition) is 1. The Hall–Kier alpha value is -3.44. The number of benzene rings is 1. The Kier molecular flexibility index (Phi) is 6.80. The molecule has 1 aromatic heterocycles. The van der Waals surface area contributed by atoms with Gasteiger partial charge >= 0.3 is 11.7 Å². The van der Waals surface area contributed by atoms with E-state index in [0.717, 1.165) is 18.5 Å². The van der Waals surface area contributed by atoms with Crippen LogP contribution >= 0.6 is 0 Å². The van der Waals surface area contributed by atoms with Crippen LogP contribution in [-0.4, -0.2) is 40.1 Å². The number of likely N-dealkylation sites (N-methyl/N-ethyl adjacent to an activating group) is 1. The second-order valence-electron chi connectivity index (χ2n) is 7.32. The van der Waals surface area contributed by atoms with Crippen molar-refractivity contribution in [2.75, 3.05) is 23.8 Å². The van der Waals surface area contributed by atoms with Gasteiger partial charge in [0.15, 0.2) is 17.5 Å². The first-order chi connectivity index (χ1) is 13.9. The van der Waals surface area contributed by atoms with E-state index < -0.39 is 39.6 Å². The molecule has 2 aromatic rings. The molecule has 0 radical (unpaired) electrons. The first-order valence-corrected chi connectivity index (χ1v) is 8.68. The molecule has 0 fully saturated rings. The van der Waals surface area contributed by atoms with Gasteiger partial charge in [-0.25, -0.2) is 23.1 Å². The van der Waals surface area contributed by atoms with Gasteiger partial charge in [-0.3, -0.25) is 14.9 Å². The first kappa shape index (κ1) is 22.8. The van der Waals surface area contributed by atoms with E-state index in [1.54, 1.807) is 20.8 Å². The van der Waals surface area contributed by atoms with Crippen LogP contribution in [0.3, 0.4) is 0 Å². The molecule has 1 aromatic carbocycles. The zero-order valence-corrected chi connectivity index (χ0v) is 16.7. The number of esters is 1. The van der Waals surface area contributed by atoms with E-state index in [2.05, 4.69) is 15.3 Å². The van der Waals surface area contributed by atoms with Crippen LogP contribution in [0.2, 0.25) is 0 Å². The summed E-state index contributed by atoms with van der Waals surface area (Å²) in [7, 11) is 1.41. The van der Waals surface area contributed by atoms with E-state index >= 15 is 0 Å². The Morgan fingerprint density at radius 1 is 1.23 bits per heavy atom. The summed E-state index contributed by atoms with van der Waals surface area (Å²) in [5.41, 5.74) is -1.28. The van der Waals surface area contributed by atoms with Crippen LogP contribution in [0.15, 0.2) is 18.5 Å². The van der Waals surface area contributed by atoms with Crippen LogP contribution in [0.1, 0.15) is 26.3 Å². The third kappa shape index (κ3) is 5.78. The van der Waals surface area contributed by atoms with Gasteiger partial charge in [-0.15, -0.1) is 0 Å². The molecular formula is C18H20F3N5O4. The summed E-state index contributed by atoms with van der Waals surface area (Å²) in [4.78, 5) is 31.7. The van der Waals surface area contributed by atoms with Crippen LogP contribution in [0, 0.1) is 27.6 Å². The molecule has 0 saturated carbocycles. The van der Waals surface area contributed by atoms with Crippen molar-refractivity contribution in [2.45, 2.75) is 32.9 Å². The molecule has 0 saturated heterocycles. The lowest BCUT2D eigenvalue weighted by Crippen LogP contribution is -2.33. The SMILES string of the molecule is CN(CC(=O)OC(C)(C)C)c1ncnc(NCc2cc(F)c(F)c(F)c2)c1[N+](=O)[O-]. The molecule has 0 spiro atoms. The summed E-state index contributed by atoms with van der Waals surface area (Å²) in [6, 6.07) is 1.52. The number of hydrogen-bond acceptors (Lipinski definition) is 8. The number of rotatable bonds is 7. The molecule has 9 nitrogen and oxygen atoms in total. The topological polar surface area (TPSA) is 110 Å². The van der Waals surface area contributed by atoms with Gasteiger partial charge < -0.3 is 15.0 Å². The van der Waals surface area contributed by atoms with Gasteiger partial charge in [0.1, 0.15) is 18.5 Å². The zero-order valence-electron chi connectivity index (χ0n) is 16.7. The molecule has 12 heteroatoms. The number of nitrogens with zero attached hydrogens (tertiary/aromatic N) is 4. The van der Waals surface area contributed by atoms with Gasteiger partial charge in [-0.2, -0.15) is 0 Å². The number of nitrogens with one attached hydrogen (secondary N) is 1. The summed E-state index contributed by atoms with van der Waals surface area (Å²) in [5, 5.41) is 14.2. The van der Waals surface area contributed by atoms with Crippen molar-refractivity contribution in [1.82, 2.24) is 9.97 Å². The van der Waals surface area contributed by atoms with Crippen molar-refractivity contribution in [3.05, 3.63) is 51.6 Å². The first-order valence-electron chi connectivity index (χ1n) is 8.68. The molecule has 1 heterocycles. The lowest BCUT2D eigenvalue weighted by Gasteiger charge is -2.23. The van der Waals surface area contributed by atoms with Crippen molar-refractivity contribution in [2.24, 2.45) is 0 Å². The van der Waals surface area contributed by atoms with Crippen molar-refractivity contribution in [3.63, 3.8) is 0 Å². The average Bonchev–Trinajstić information content (AvgIpc) is 2.62. The predicted octanol–water partition coefficient (Wildman–Crippen LogP) is 3.19. The number of aromatic nitrogens is 2. The Labute approximate surface area is 170 Å². The summed E-state index contributed by atoms with van der Waals surface area (Å²) in [6.45, 7) is 4.45. The van der Waals surface area contributed by atoms with Gasteiger partial charge in [-0.1, -0.05) is 0 Å². The number of ether oxygens (including phenoxy) is 1. The minimum Gasteiger partial charge on any atom is -0.459 e. The maximum absolute atomic E-state index is 13.4. The Morgan fingerprint density at radius 2 is 1.83 bits per heavy atom. The fraction of sp³-hybridized carbons (Fsp3) is 0.389. The maximum Gasteiger partial charge on any atom is 0.353 e. The number of carbonyl (C=O) groups is 1. The van der Waals surface area contributed by atoms with Crippen LogP contribution in [0.4, 0.5) is 30.5 Å². The second kappa shape index (κ2) is 8.93. The van der Waals surface area contributed by atoms with E-state index in [0.29, 0.717) is 0 Å². The van der Waals surface area contributed by atoms with Gasteiger partial charge in [0.2, 0.25) is 11.6 Å². The Morgan fingerprint density at radius 3 is 2.37 bits per heavy atom. The van der Waals surface area contributed by atoms with Crippen molar-refractivity contribution >= 4 is 23.3 Å². The number of carbonyl (C=O) groups excluding carboxylic acids is 1. The zero-order chi connectivity index (χ0) is 22.6. The number of anilines is 2. The van der Waals surface area contributed by atoms with Gasteiger partial charge in [0.25, 0.3) is 0 Å². The summed E-state index contributed by atoms with van der Waals surface area (Å²) < 4.78 is 45.0. The molecule has 0 aliphatic rings. The monoisotopic (exact) mass is 427 g/mol. The summed E-state index contributed by atoms with van der Waals surface area (Å²) in [5.74, 6) is -5.42. The largest absolute Gasteiger partial charge is 0.459 e. The van der Waals surface area contributed by atoms with Crippen molar-refractivity contribution in [3.8, 4) is 0 Å². The van der Waals surface area contributed by atoms with Crippen molar-refractivity contribution < 1.29 is 27.6 Å². The van der Waals surface area contributed by atoms with Crippen LogP contribution in [0.25, 0.3) is 0 Å².